The molecule has 3 nitrogen and oxygen atoms in total. The Hall–Kier alpha value is -1.38. The molecule has 0 aliphatic carbocycles. The summed E-state index contributed by atoms with van der Waals surface area (Å²) in [6, 6.07) is 1.89. The zero-order chi connectivity index (χ0) is 9.42. The van der Waals surface area contributed by atoms with Gasteiger partial charge in [-0.15, -0.1) is 0 Å². The molecule has 0 amide bonds. The minimum absolute atomic E-state index is 0.708. The minimum atomic E-state index is 0.708. The number of ether oxygens (including phenoxy) is 2. The first kappa shape index (κ1) is 8.23. The number of aryl methyl sites for hydroxylation is 1. The van der Waals surface area contributed by atoms with Crippen molar-refractivity contribution in [2.24, 2.45) is 0 Å². The molecule has 70 valence electrons. The normalized spacial score (nSPS) is 13.7. The highest BCUT2D eigenvalue weighted by molar-refractivity contribution is 5.65. The summed E-state index contributed by atoms with van der Waals surface area (Å²) in [6.07, 6.45) is 0.893. The molecule has 0 aromatic heterocycles. The summed E-state index contributed by atoms with van der Waals surface area (Å²) in [5.74, 6) is 1.73. The van der Waals surface area contributed by atoms with Gasteiger partial charge in [0.1, 0.15) is 11.5 Å². The van der Waals surface area contributed by atoms with E-state index in [9.17, 15) is 0 Å². The van der Waals surface area contributed by atoms with Crippen LogP contribution >= 0.6 is 0 Å². The Morgan fingerprint density at radius 3 is 3.00 bits per heavy atom. The summed E-state index contributed by atoms with van der Waals surface area (Å²) in [4.78, 5) is 0. The number of nitrogens with two attached hydrogens (primary N) is 1. The van der Waals surface area contributed by atoms with Crippen LogP contribution in [0.15, 0.2) is 6.07 Å². The van der Waals surface area contributed by atoms with Crippen LogP contribution in [-0.4, -0.2) is 13.7 Å². The Kier molecular flexibility index (Phi) is 1.79. The van der Waals surface area contributed by atoms with Gasteiger partial charge in [-0.3, -0.25) is 0 Å². The van der Waals surface area contributed by atoms with Crippen molar-refractivity contribution < 1.29 is 9.47 Å². The summed E-state index contributed by atoms with van der Waals surface area (Å²) in [6.45, 7) is 2.70. The highest BCUT2D eigenvalue weighted by Gasteiger charge is 2.21. The number of methoxy groups -OCH3 is 1. The van der Waals surface area contributed by atoms with Crippen molar-refractivity contribution in [3.05, 3.63) is 17.2 Å². The number of anilines is 1. The van der Waals surface area contributed by atoms with Crippen LogP contribution < -0.4 is 15.2 Å². The number of fused-ring (bicyclic) bond motifs is 1. The molecular weight excluding hydrogens is 166 g/mol. The van der Waals surface area contributed by atoms with Gasteiger partial charge >= 0.3 is 0 Å². The monoisotopic (exact) mass is 179 g/mol. The van der Waals surface area contributed by atoms with Crippen molar-refractivity contribution >= 4 is 5.69 Å². The summed E-state index contributed by atoms with van der Waals surface area (Å²) in [5.41, 5.74) is 8.71. The third-order valence-electron chi connectivity index (χ3n) is 2.34. The van der Waals surface area contributed by atoms with Crippen molar-refractivity contribution in [3.63, 3.8) is 0 Å². The van der Waals surface area contributed by atoms with Gasteiger partial charge in [0, 0.05) is 12.0 Å². The highest BCUT2D eigenvalue weighted by atomic mass is 16.5. The SMILES string of the molecule is COc1c(C)cc(N)c2c1CCO2. The molecule has 0 unspecified atom stereocenters. The Balaban J connectivity index is 2.65. The van der Waals surface area contributed by atoms with E-state index in [-0.39, 0.29) is 0 Å². The number of hydrogen-bond donors (Lipinski definition) is 1. The molecule has 0 fully saturated rings. The van der Waals surface area contributed by atoms with Crippen LogP contribution in [-0.2, 0) is 6.42 Å². The van der Waals surface area contributed by atoms with E-state index < -0.39 is 0 Å². The second kappa shape index (κ2) is 2.83. The van der Waals surface area contributed by atoms with Crippen LogP contribution in [0.5, 0.6) is 11.5 Å². The van der Waals surface area contributed by atoms with Crippen LogP contribution in [0.1, 0.15) is 11.1 Å². The van der Waals surface area contributed by atoms with Crippen molar-refractivity contribution in [2.45, 2.75) is 13.3 Å². The average molecular weight is 179 g/mol. The molecule has 0 spiro atoms. The Bertz CT molecular complexity index is 347. The van der Waals surface area contributed by atoms with Gasteiger partial charge in [-0.05, 0) is 18.6 Å². The van der Waals surface area contributed by atoms with Crippen LogP contribution in [0.25, 0.3) is 0 Å². The summed E-state index contributed by atoms with van der Waals surface area (Å²) >= 11 is 0. The molecule has 0 radical (unpaired) electrons. The largest absolute Gasteiger partial charge is 0.496 e. The highest BCUT2D eigenvalue weighted by Crippen LogP contribution is 2.40. The van der Waals surface area contributed by atoms with Crippen molar-refractivity contribution in [3.8, 4) is 11.5 Å². The molecule has 0 bridgehead atoms. The van der Waals surface area contributed by atoms with E-state index in [0.29, 0.717) is 12.3 Å². The molecule has 1 aliphatic heterocycles. The van der Waals surface area contributed by atoms with Gasteiger partial charge in [0.15, 0.2) is 0 Å². The van der Waals surface area contributed by atoms with E-state index in [1.54, 1.807) is 7.11 Å². The zero-order valence-electron chi connectivity index (χ0n) is 7.89. The van der Waals surface area contributed by atoms with Gasteiger partial charge < -0.3 is 15.2 Å². The Labute approximate surface area is 77.5 Å². The molecule has 0 atom stereocenters. The fourth-order valence-corrected chi connectivity index (χ4v) is 1.82. The van der Waals surface area contributed by atoms with E-state index >= 15 is 0 Å². The van der Waals surface area contributed by atoms with Crippen LogP contribution in [0, 0.1) is 6.92 Å². The lowest BCUT2D eigenvalue weighted by Gasteiger charge is -2.11. The summed E-state index contributed by atoms with van der Waals surface area (Å²) in [5, 5.41) is 0. The zero-order valence-corrected chi connectivity index (χ0v) is 7.89. The van der Waals surface area contributed by atoms with Gasteiger partial charge in [0.05, 0.1) is 19.4 Å². The van der Waals surface area contributed by atoms with E-state index in [1.165, 1.54) is 0 Å². The Morgan fingerprint density at radius 2 is 2.31 bits per heavy atom. The number of nitrogen functional groups attached to an aromatic ring is 1. The van der Waals surface area contributed by atoms with Crippen molar-refractivity contribution in [1.29, 1.82) is 0 Å². The molecule has 1 aromatic carbocycles. The fraction of sp³-hybridized carbons (Fsp3) is 0.400. The quantitative estimate of drug-likeness (QED) is 0.665. The fourth-order valence-electron chi connectivity index (χ4n) is 1.82. The predicted octanol–water partition coefficient (Wildman–Crippen LogP) is 1.52. The number of benzene rings is 1. The first-order valence-electron chi connectivity index (χ1n) is 4.32. The minimum Gasteiger partial charge on any atom is -0.496 e. The molecule has 0 saturated heterocycles. The maximum atomic E-state index is 5.82. The molecule has 2 N–H and O–H groups in total. The lowest BCUT2D eigenvalue weighted by atomic mass is 10.1. The van der Waals surface area contributed by atoms with Gasteiger partial charge in [-0.1, -0.05) is 0 Å². The smallest absolute Gasteiger partial charge is 0.149 e. The van der Waals surface area contributed by atoms with E-state index in [2.05, 4.69) is 0 Å². The maximum Gasteiger partial charge on any atom is 0.149 e. The van der Waals surface area contributed by atoms with E-state index in [1.807, 2.05) is 13.0 Å². The van der Waals surface area contributed by atoms with Gasteiger partial charge in [-0.25, -0.2) is 0 Å². The van der Waals surface area contributed by atoms with Gasteiger partial charge in [-0.2, -0.15) is 0 Å². The second-order valence-electron chi connectivity index (χ2n) is 3.22. The van der Waals surface area contributed by atoms with Crippen LogP contribution in [0.4, 0.5) is 5.69 Å². The molecule has 1 aliphatic rings. The lowest BCUT2D eigenvalue weighted by molar-refractivity contribution is 0.358. The molecule has 13 heavy (non-hydrogen) atoms. The van der Waals surface area contributed by atoms with E-state index in [4.69, 9.17) is 15.2 Å². The van der Waals surface area contributed by atoms with E-state index in [0.717, 1.165) is 29.0 Å². The van der Waals surface area contributed by atoms with Gasteiger partial charge in [0.2, 0.25) is 0 Å². The first-order chi connectivity index (χ1) is 6.24. The summed E-state index contributed by atoms with van der Waals surface area (Å²) < 4.78 is 10.7. The third-order valence-corrected chi connectivity index (χ3v) is 2.34. The lowest BCUT2D eigenvalue weighted by Crippen LogP contribution is -1.96. The topological polar surface area (TPSA) is 44.5 Å². The molecule has 1 aromatic rings. The molecule has 0 saturated carbocycles. The van der Waals surface area contributed by atoms with Crippen molar-refractivity contribution in [2.75, 3.05) is 19.5 Å². The molecule has 2 rings (SSSR count). The Morgan fingerprint density at radius 1 is 1.54 bits per heavy atom. The number of hydrogen-bond acceptors (Lipinski definition) is 3. The van der Waals surface area contributed by atoms with Crippen LogP contribution in [0.2, 0.25) is 0 Å². The maximum absolute atomic E-state index is 5.82. The average Bonchev–Trinajstić information content (AvgIpc) is 2.53. The molecular formula is C10H13NO2. The third kappa shape index (κ3) is 1.11. The second-order valence-corrected chi connectivity index (χ2v) is 3.22. The van der Waals surface area contributed by atoms with Crippen molar-refractivity contribution in [1.82, 2.24) is 0 Å². The number of rotatable bonds is 1. The first-order valence-corrected chi connectivity index (χ1v) is 4.32. The van der Waals surface area contributed by atoms with Crippen LogP contribution in [0.3, 0.4) is 0 Å². The molecule has 3 heteroatoms. The van der Waals surface area contributed by atoms with Gasteiger partial charge in [0.25, 0.3) is 0 Å². The summed E-state index contributed by atoms with van der Waals surface area (Å²) in [7, 11) is 1.68. The molecule has 1 heterocycles. The predicted molar refractivity (Wildman–Crippen MR) is 51.3 cm³/mol. The standard InChI is InChI=1S/C10H13NO2/c1-6-5-8(11)10-7(3-4-13-10)9(6)12-2/h5H,3-4,11H2,1-2H3.